The lowest BCUT2D eigenvalue weighted by atomic mass is 10.1. The minimum Gasteiger partial charge on any atom is -0.467 e. The van der Waals surface area contributed by atoms with Crippen LogP contribution < -0.4 is 10.9 Å². The largest absolute Gasteiger partial charge is 0.467 e. The van der Waals surface area contributed by atoms with Crippen molar-refractivity contribution in [2.24, 2.45) is 0 Å². The number of aromatic nitrogens is 1. The molecule has 2 aromatic heterocycles. The number of pyridine rings is 1. The highest BCUT2D eigenvalue weighted by Gasteiger charge is 2.24. The molecule has 1 N–H and O–H groups in total. The molecule has 7 heteroatoms. The summed E-state index contributed by atoms with van der Waals surface area (Å²) in [6, 6.07) is 10.8. The molecule has 132 valence electrons. The number of methoxy groups -OCH3 is 1. The normalized spacial score (nSPS) is 11.7. The Bertz CT molecular complexity index is 997. The fourth-order valence-corrected chi connectivity index (χ4v) is 2.55. The lowest BCUT2D eigenvalue weighted by Gasteiger charge is -2.16. The molecular weight excluding hydrogens is 336 g/mol. The summed E-state index contributed by atoms with van der Waals surface area (Å²) in [7, 11) is 1.23. The van der Waals surface area contributed by atoms with Crippen molar-refractivity contribution in [3.63, 3.8) is 0 Å². The van der Waals surface area contributed by atoms with Crippen LogP contribution in [0.1, 0.15) is 15.9 Å². The van der Waals surface area contributed by atoms with E-state index in [0.717, 1.165) is 5.56 Å². The van der Waals surface area contributed by atoms with Crippen LogP contribution in [0, 0.1) is 0 Å². The van der Waals surface area contributed by atoms with Crippen molar-refractivity contribution in [2.45, 2.75) is 12.5 Å². The SMILES string of the molecule is COC(=O)[C@@H](Cc1ccncc1)NC(=O)c1cc2ccccc2oc1=O. The topological polar surface area (TPSA) is 98.5 Å². The number of hydrogen-bond donors (Lipinski definition) is 1. The molecule has 3 aromatic rings. The van der Waals surface area contributed by atoms with Gasteiger partial charge in [0.25, 0.3) is 5.91 Å². The van der Waals surface area contributed by atoms with Crippen LogP contribution in [-0.2, 0) is 16.0 Å². The number of fused-ring (bicyclic) bond motifs is 1. The number of rotatable bonds is 5. The number of nitrogens with one attached hydrogen (secondary N) is 1. The van der Waals surface area contributed by atoms with Gasteiger partial charge < -0.3 is 14.5 Å². The first-order valence-electron chi connectivity index (χ1n) is 7.89. The van der Waals surface area contributed by atoms with Gasteiger partial charge in [-0.05, 0) is 29.8 Å². The molecule has 0 saturated heterocycles. The lowest BCUT2D eigenvalue weighted by Crippen LogP contribution is -2.44. The van der Waals surface area contributed by atoms with Crippen molar-refractivity contribution < 1.29 is 18.7 Å². The molecular formula is C19H16N2O5. The molecule has 0 fully saturated rings. The highest BCUT2D eigenvalue weighted by atomic mass is 16.5. The van der Waals surface area contributed by atoms with Gasteiger partial charge in [0.1, 0.15) is 17.2 Å². The highest BCUT2D eigenvalue weighted by molar-refractivity contribution is 5.98. The summed E-state index contributed by atoms with van der Waals surface area (Å²) in [5, 5.41) is 3.16. The number of amides is 1. The summed E-state index contributed by atoms with van der Waals surface area (Å²) >= 11 is 0. The molecule has 0 aliphatic carbocycles. The number of carbonyl (C=O) groups is 2. The second-order valence-electron chi connectivity index (χ2n) is 5.59. The fourth-order valence-electron chi connectivity index (χ4n) is 2.55. The summed E-state index contributed by atoms with van der Waals surface area (Å²) in [6.45, 7) is 0. The molecule has 1 aromatic carbocycles. The zero-order valence-corrected chi connectivity index (χ0v) is 14.0. The first kappa shape index (κ1) is 17.3. The molecule has 0 aliphatic rings. The van der Waals surface area contributed by atoms with E-state index in [-0.39, 0.29) is 12.0 Å². The number of carbonyl (C=O) groups excluding carboxylic acids is 2. The van der Waals surface area contributed by atoms with Gasteiger partial charge in [-0.3, -0.25) is 9.78 Å². The third kappa shape index (κ3) is 3.77. The van der Waals surface area contributed by atoms with Gasteiger partial charge in [0.15, 0.2) is 0 Å². The standard InChI is InChI=1S/C19H16N2O5/c1-25-19(24)15(10-12-6-8-20-9-7-12)21-17(22)14-11-13-4-2-3-5-16(13)26-18(14)23/h2-9,11,15H,10H2,1H3,(H,21,22)/t15-/m1/s1. The maximum Gasteiger partial charge on any atom is 0.349 e. The summed E-state index contributed by atoms with van der Waals surface area (Å²) in [4.78, 5) is 40.6. The maximum atomic E-state index is 12.5. The Morgan fingerprint density at radius 2 is 1.92 bits per heavy atom. The number of nitrogens with zero attached hydrogens (tertiary/aromatic N) is 1. The Morgan fingerprint density at radius 1 is 1.19 bits per heavy atom. The van der Waals surface area contributed by atoms with Crippen molar-refractivity contribution in [2.75, 3.05) is 7.11 Å². The van der Waals surface area contributed by atoms with Gasteiger partial charge in [0, 0.05) is 24.2 Å². The van der Waals surface area contributed by atoms with Gasteiger partial charge in [0.2, 0.25) is 0 Å². The molecule has 2 heterocycles. The van der Waals surface area contributed by atoms with E-state index in [4.69, 9.17) is 9.15 Å². The van der Waals surface area contributed by atoms with Crippen LogP contribution in [-0.4, -0.2) is 30.0 Å². The number of hydrogen-bond acceptors (Lipinski definition) is 6. The van der Waals surface area contributed by atoms with Gasteiger partial charge >= 0.3 is 11.6 Å². The maximum absolute atomic E-state index is 12.5. The van der Waals surface area contributed by atoms with E-state index in [2.05, 4.69) is 10.3 Å². The Labute approximate surface area is 148 Å². The van der Waals surface area contributed by atoms with E-state index in [1.807, 2.05) is 0 Å². The van der Waals surface area contributed by atoms with Crippen molar-refractivity contribution in [3.8, 4) is 0 Å². The Morgan fingerprint density at radius 3 is 2.65 bits per heavy atom. The molecule has 0 bridgehead atoms. The number of esters is 1. The quantitative estimate of drug-likeness (QED) is 0.554. The summed E-state index contributed by atoms with van der Waals surface area (Å²) < 4.78 is 9.91. The van der Waals surface area contributed by atoms with Gasteiger partial charge in [-0.15, -0.1) is 0 Å². The predicted molar refractivity (Wildman–Crippen MR) is 93.7 cm³/mol. The minimum absolute atomic E-state index is 0.174. The number of ether oxygens (including phenoxy) is 1. The zero-order chi connectivity index (χ0) is 18.5. The Kier molecular flexibility index (Phi) is 5.07. The third-order valence-electron chi connectivity index (χ3n) is 3.87. The highest BCUT2D eigenvalue weighted by Crippen LogP contribution is 2.13. The molecule has 0 unspecified atom stereocenters. The van der Waals surface area contributed by atoms with Crippen molar-refractivity contribution >= 4 is 22.8 Å². The minimum atomic E-state index is -0.944. The van der Waals surface area contributed by atoms with E-state index >= 15 is 0 Å². The molecule has 1 atom stereocenters. The summed E-state index contributed by atoms with van der Waals surface area (Å²) in [5.74, 6) is -1.31. The van der Waals surface area contributed by atoms with E-state index in [0.29, 0.717) is 11.0 Å². The number of para-hydroxylation sites is 1. The average Bonchev–Trinajstić information content (AvgIpc) is 2.67. The van der Waals surface area contributed by atoms with Crippen LogP contribution in [0.4, 0.5) is 0 Å². The van der Waals surface area contributed by atoms with Crippen LogP contribution in [0.3, 0.4) is 0 Å². The van der Waals surface area contributed by atoms with Crippen molar-refractivity contribution in [3.05, 3.63) is 76.4 Å². The monoisotopic (exact) mass is 352 g/mol. The lowest BCUT2D eigenvalue weighted by molar-refractivity contribution is -0.142. The molecule has 0 aliphatic heterocycles. The van der Waals surface area contributed by atoms with Crippen LogP contribution in [0.15, 0.2) is 64.1 Å². The van der Waals surface area contributed by atoms with Crippen LogP contribution in [0.5, 0.6) is 0 Å². The molecule has 0 saturated carbocycles. The summed E-state index contributed by atoms with van der Waals surface area (Å²) in [5.41, 5.74) is 0.234. The van der Waals surface area contributed by atoms with E-state index in [1.54, 1.807) is 48.8 Å². The average molecular weight is 352 g/mol. The zero-order valence-electron chi connectivity index (χ0n) is 14.0. The molecule has 1 amide bonds. The second-order valence-corrected chi connectivity index (χ2v) is 5.59. The Hall–Kier alpha value is -3.48. The van der Waals surface area contributed by atoms with E-state index < -0.39 is 23.5 Å². The van der Waals surface area contributed by atoms with Gasteiger partial charge in [-0.1, -0.05) is 18.2 Å². The molecule has 26 heavy (non-hydrogen) atoms. The molecule has 7 nitrogen and oxygen atoms in total. The predicted octanol–water partition coefficient (Wildman–Crippen LogP) is 1.70. The van der Waals surface area contributed by atoms with Crippen LogP contribution in [0.25, 0.3) is 11.0 Å². The Balaban J connectivity index is 1.86. The number of benzene rings is 1. The van der Waals surface area contributed by atoms with Crippen molar-refractivity contribution in [1.82, 2.24) is 10.3 Å². The molecule has 0 radical (unpaired) electrons. The molecule has 3 rings (SSSR count). The van der Waals surface area contributed by atoms with Gasteiger partial charge in [0.05, 0.1) is 7.11 Å². The van der Waals surface area contributed by atoms with E-state index in [1.165, 1.54) is 13.2 Å². The summed E-state index contributed by atoms with van der Waals surface area (Å²) in [6.07, 6.45) is 3.38. The third-order valence-corrected chi connectivity index (χ3v) is 3.87. The smallest absolute Gasteiger partial charge is 0.349 e. The van der Waals surface area contributed by atoms with Gasteiger partial charge in [-0.2, -0.15) is 0 Å². The second kappa shape index (κ2) is 7.60. The first-order valence-corrected chi connectivity index (χ1v) is 7.89. The van der Waals surface area contributed by atoms with Crippen LogP contribution in [0.2, 0.25) is 0 Å². The van der Waals surface area contributed by atoms with E-state index in [9.17, 15) is 14.4 Å². The van der Waals surface area contributed by atoms with Gasteiger partial charge in [-0.25, -0.2) is 9.59 Å². The first-order chi connectivity index (χ1) is 12.6. The molecule has 0 spiro atoms. The van der Waals surface area contributed by atoms with Crippen LogP contribution >= 0.6 is 0 Å². The van der Waals surface area contributed by atoms with Crippen molar-refractivity contribution in [1.29, 1.82) is 0 Å². The fraction of sp³-hybridized carbons (Fsp3) is 0.158.